The van der Waals surface area contributed by atoms with Crippen LogP contribution >= 0.6 is 0 Å². The van der Waals surface area contributed by atoms with E-state index in [0.717, 1.165) is 25.7 Å². The van der Waals surface area contributed by atoms with Gasteiger partial charge in [-0.15, -0.1) is 0 Å². The van der Waals surface area contributed by atoms with Crippen LogP contribution in [0.1, 0.15) is 37.1 Å². The van der Waals surface area contributed by atoms with Crippen LogP contribution < -0.4 is 0 Å². The molecule has 1 fully saturated rings. The Hall–Kier alpha value is -1.92. The molecule has 1 aliphatic carbocycles. The summed E-state index contributed by atoms with van der Waals surface area (Å²) in [7, 11) is 2.56. The van der Waals surface area contributed by atoms with Crippen LogP contribution in [0.4, 0.5) is 0 Å². The Morgan fingerprint density at radius 2 is 1.76 bits per heavy atom. The Morgan fingerprint density at radius 3 is 2.19 bits per heavy atom. The molecule has 2 rings (SSSR count). The zero-order valence-electron chi connectivity index (χ0n) is 12.5. The zero-order chi connectivity index (χ0) is 15.5. The minimum Gasteiger partial charge on any atom is -0.468 e. The second kappa shape index (κ2) is 6.24. The maximum absolute atomic E-state index is 12.5. The number of methoxy groups -OCH3 is 2. The fraction of sp³-hybridized carbons (Fsp3) is 0.714. The Bertz CT molecular complexity index is 503. The summed E-state index contributed by atoms with van der Waals surface area (Å²) in [4.78, 5) is 24.9. The normalized spacial score (nSPS) is 16.0. The number of nitrogens with zero attached hydrogens (tertiary/aromatic N) is 2. The first-order valence-electron chi connectivity index (χ1n) is 7.01. The van der Waals surface area contributed by atoms with Gasteiger partial charge >= 0.3 is 11.9 Å². The van der Waals surface area contributed by atoms with Gasteiger partial charge in [0, 0.05) is 6.42 Å². The van der Waals surface area contributed by atoms with Crippen LogP contribution in [-0.4, -0.2) is 36.5 Å². The average Bonchev–Trinajstić information content (AvgIpc) is 3.15. The van der Waals surface area contributed by atoms with Crippen molar-refractivity contribution in [2.75, 3.05) is 14.2 Å². The number of hydrogen-bond acceptors (Lipinski definition) is 7. The van der Waals surface area contributed by atoms with E-state index >= 15 is 0 Å². The van der Waals surface area contributed by atoms with Gasteiger partial charge in [-0.05, 0) is 25.7 Å². The van der Waals surface area contributed by atoms with E-state index in [0.29, 0.717) is 11.4 Å². The van der Waals surface area contributed by atoms with Gasteiger partial charge in [-0.2, -0.15) is 0 Å². The lowest BCUT2D eigenvalue weighted by atomic mass is 9.70. The maximum Gasteiger partial charge on any atom is 0.323 e. The van der Waals surface area contributed by atoms with Crippen LogP contribution in [0.3, 0.4) is 0 Å². The highest BCUT2D eigenvalue weighted by atomic mass is 16.6. The fourth-order valence-corrected chi connectivity index (χ4v) is 3.16. The molecule has 0 spiro atoms. The molecule has 0 N–H and O–H groups in total. The molecular formula is C14H20N2O5. The number of ether oxygens (including phenoxy) is 2. The molecule has 0 amide bonds. The first kappa shape index (κ1) is 15.5. The van der Waals surface area contributed by atoms with Crippen molar-refractivity contribution in [1.82, 2.24) is 10.3 Å². The molecule has 1 saturated carbocycles. The van der Waals surface area contributed by atoms with E-state index in [1.807, 2.05) is 0 Å². The van der Waals surface area contributed by atoms with E-state index in [-0.39, 0.29) is 12.3 Å². The van der Waals surface area contributed by atoms with Crippen molar-refractivity contribution in [3.63, 3.8) is 0 Å². The number of rotatable bonds is 5. The molecule has 1 aliphatic rings. The lowest BCUT2D eigenvalue weighted by Crippen LogP contribution is -2.48. The largest absolute Gasteiger partial charge is 0.468 e. The first-order valence-corrected chi connectivity index (χ1v) is 7.01. The van der Waals surface area contributed by atoms with Crippen molar-refractivity contribution in [2.45, 2.75) is 39.0 Å². The first-order chi connectivity index (χ1) is 10.1. The van der Waals surface area contributed by atoms with E-state index in [9.17, 15) is 9.59 Å². The third kappa shape index (κ3) is 2.64. The molecule has 1 aromatic heterocycles. The second-order valence-electron chi connectivity index (χ2n) is 5.41. The molecular weight excluding hydrogens is 276 g/mol. The van der Waals surface area contributed by atoms with Gasteiger partial charge in [0.25, 0.3) is 0 Å². The topological polar surface area (TPSA) is 91.5 Å². The van der Waals surface area contributed by atoms with Gasteiger partial charge in [0.1, 0.15) is 11.4 Å². The number of aryl methyl sites for hydroxylation is 1. The molecule has 7 heteroatoms. The molecule has 0 saturated heterocycles. The van der Waals surface area contributed by atoms with Gasteiger partial charge in [0.15, 0.2) is 5.41 Å². The van der Waals surface area contributed by atoms with Gasteiger partial charge in [0.2, 0.25) is 0 Å². The minimum absolute atomic E-state index is 0.0896. The Kier molecular flexibility index (Phi) is 4.59. The number of carbonyl (C=O) groups is 2. The summed E-state index contributed by atoms with van der Waals surface area (Å²) in [6, 6.07) is 0. The maximum atomic E-state index is 12.5. The lowest BCUT2D eigenvalue weighted by Gasteiger charge is -2.33. The van der Waals surface area contributed by atoms with Crippen molar-refractivity contribution in [1.29, 1.82) is 0 Å². The summed E-state index contributed by atoms with van der Waals surface area (Å²) in [5.74, 6) is -1.28. The number of carbonyl (C=O) groups excluding carboxylic acids is 2. The van der Waals surface area contributed by atoms with E-state index in [4.69, 9.17) is 9.47 Å². The van der Waals surface area contributed by atoms with Crippen LogP contribution in [0.2, 0.25) is 0 Å². The van der Waals surface area contributed by atoms with Gasteiger partial charge in [-0.25, -0.2) is 4.63 Å². The summed E-state index contributed by atoms with van der Waals surface area (Å²) in [6.45, 7) is 1.72. The average molecular weight is 296 g/mol. The predicted octanol–water partition coefficient (Wildman–Crippen LogP) is 1.44. The van der Waals surface area contributed by atoms with Crippen LogP contribution in [-0.2, 0) is 25.5 Å². The van der Waals surface area contributed by atoms with Crippen LogP contribution in [0.15, 0.2) is 4.63 Å². The zero-order valence-corrected chi connectivity index (χ0v) is 12.5. The molecule has 0 bridgehead atoms. The van der Waals surface area contributed by atoms with Crippen molar-refractivity contribution in [2.24, 2.45) is 11.3 Å². The van der Waals surface area contributed by atoms with Gasteiger partial charge < -0.3 is 9.47 Å². The third-order valence-corrected chi connectivity index (χ3v) is 4.34. The highest BCUT2D eigenvalue weighted by Gasteiger charge is 2.55. The highest BCUT2D eigenvalue weighted by Crippen LogP contribution is 2.44. The van der Waals surface area contributed by atoms with E-state index in [2.05, 4.69) is 14.9 Å². The molecule has 1 heterocycles. The molecule has 7 nitrogen and oxygen atoms in total. The molecule has 0 unspecified atom stereocenters. The summed E-state index contributed by atoms with van der Waals surface area (Å²) in [6.07, 6.45) is 3.63. The van der Waals surface area contributed by atoms with E-state index in [1.54, 1.807) is 6.92 Å². The molecule has 0 aliphatic heterocycles. The van der Waals surface area contributed by atoms with Gasteiger partial charge in [0.05, 0.1) is 14.2 Å². The molecule has 0 atom stereocenters. The van der Waals surface area contributed by atoms with Crippen molar-refractivity contribution >= 4 is 11.9 Å². The Labute approximate surface area is 122 Å². The third-order valence-electron chi connectivity index (χ3n) is 4.34. The summed E-state index contributed by atoms with van der Waals surface area (Å²) < 4.78 is 14.5. The smallest absolute Gasteiger partial charge is 0.323 e. The minimum atomic E-state index is -1.37. The monoisotopic (exact) mass is 296 g/mol. The van der Waals surface area contributed by atoms with Crippen molar-refractivity contribution in [3.05, 3.63) is 11.4 Å². The van der Waals surface area contributed by atoms with Crippen LogP contribution in [0.25, 0.3) is 0 Å². The molecule has 0 aromatic carbocycles. The standard InChI is InChI=1S/C14H20N2O5/c1-9-11(16-21-15-9)8-14(12(17)19-2,13(18)20-3)10-6-4-5-7-10/h10H,4-8H2,1-3H3. The molecule has 1 aromatic rings. The number of hydrogen-bond donors (Lipinski definition) is 0. The molecule has 0 radical (unpaired) electrons. The predicted molar refractivity (Wildman–Crippen MR) is 71.2 cm³/mol. The van der Waals surface area contributed by atoms with Crippen LogP contribution in [0.5, 0.6) is 0 Å². The number of esters is 2. The van der Waals surface area contributed by atoms with Crippen LogP contribution in [0, 0.1) is 18.3 Å². The molecule has 116 valence electrons. The number of aromatic nitrogens is 2. The van der Waals surface area contributed by atoms with Gasteiger partial charge in [-0.1, -0.05) is 23.2 Å². The summed E-state index contributed by atoms with van der Waals surface area (Å²) in [5, 5.41) is 7.51. The Balaban J connectivity index is 2.46. The quantitative estimate of drug-likeness (QED) is 0.599. The lowest BCUT2D eigenvalue weighted by molar-refractivity contribution is -0.174. The molecule has 21 heavy (non-hydrogen) atoms. The second-order valence-corrected chi connectivity index (χ2v) is 5.41. The highest BCUT2D eigenvalue weighted by molar-refractivity contribution is 6.00. The van der Waals surface area contributed by atoms with Gasteiger partial charge in [-0.3, -0.25) is 9.59 Å². The Morgan fingerprint density at radius 1 is 1.19 bits per heavy atom. The summed E-state index contributed by atoms with van der Waals surface area (Å²) in [5.41, 5.74) is -0.327. The van der Waals surface area contributed by atoms with Crippen molar-refractivity contribution in [3.8, 4) is 0 Å². The van der Waals surface area contributed by atoms with E-state index < -0.39 is 17.4 Å². The van der Waals surface area contributed by atoms with E-state index in [1.165, 1.54) is 14.2 Å². The summed E-state index contributed by atoms with van der Waals surface area (Å²) >= 11 is 0. The fourth-order valence-electron chi connectivity index (χ4n) is 3.16. The SMILES string of the molecule is COC(=O)C(Cc1nonc1C)(C(=O)OC)C1CCCC1. The van der Waals surface area contributed by atoms with Crippen molar-refractivity contribution < 1.29 is 23.7 Å².